The van der Waals surface area contributed by atoms with Gasteiger partial charge in [-0.15, -0.1) is 0 Å². The molecule has 0 atom stereocenters. The van der Waals surface area contributed by atoms with Crippen LogP contribution in [0.4, 0.5) is 13.2 Å². The fourth-order valence-corrected chi connectivity index (χ4v) is 2.50. The van der Waals surface area contributed by atoms with Crippen molar-refractivity contribution in [1.82, 2.24) is 9.78 Å². The molecule has 3 aromatic rings. The van der Waals surface area contributed by atoms with E-state index in [0.29, 0.717) is 10.9 Å². The molecule has 0 bridgehead atoms. The summed E-state index contributed by atoms with van der Waals surface area (Å²) in [6.07, 6.45) is -4.49. The molecular weight excluding hydrogens is 349 g/mol. The summed E-state index contributed by atoms with van der Waals surface area (Å²) in [6, 6.07) is 10.3. The molecule has 3 rings (SSSR count). The van der Waals surface area contributed by atoms with Crippen molar-refractivity contribution >= 4 is 22.8 Å². The van der Waals surface area contributed by atoms with Crippen LogP contribution in [-0.2, 0) is 10.9 Å². The highest BCUT2D eigenvalue weighted by atomic mass is 19.4. The molecule has 0 fully saturated rings. The van der Waals surface area contributed by atoms with Gasteiger partial charge in [-0.1, -0.05) is 18.2 Å². The molecular formula is C18H13F3N2O3. The third-order valence-electron chi connectivity index (χ3n) is 3.71. The maximum Gasteiger partial charge on any atom is 0.416 e. The Morgan fingerprint density at radius 2 is 1.73 bits per heavy atom. The molecule has 0 N–H and O–H groups in total. The summed E-state index contributed by atoms with van der Waals surface area (Å²) in [6.45, 7) is 1.79. The van der Waals surface area contributed by atoms with E-state index in [9.17, 15) is 22.8 Å². The van der Waals surface area contributed by atoms with E-state index in [-0.39, 0.29) is 17.9 Å². The molecule has 8 heteroatoms. The van der Waals surface area contributed by atoms with Gasteiger partial charge in [-0.25, -0.2) is 4.79 Å². The number of aromatic nitrogens is 2. The molecule has 0 spiro atoms. The maximum absolute atomic E-state index is 12.7. The number of carbonyl (C=O) groups is 2. The number of carbonyl (C=O) groups excluding carboxylic acids is 2. The van der Waals surface area contributed by atoms with Gasteiger partial charge in [-0.3, -0.25) is 4.79 Å². The number of ether oxygens (including phenoxy) is 1. The summed E-state index contributed by atoms with van der Waals surface area (Å²) >= 11 is 0. The van der Waals surface area contributed by atoms with Gasteiger partial charge in [0, 0.05) is 10.9 Å². The normalized spacial score (nSPS) is 11.5. The van der Waals surface area contributed by atoms with Crippen LogP contribution in [-0.4, -0.2) is 28.3 Å². The first-order valence-corrected chi connectivity index (χ1v) is 7.69. The third kappa shape index (κ3) is 3.17. The molecule has 0 amide bonds. The minimum atomic E-state index is -4.49. The molecule has 0 unspecified atom stereocenters. The Balaban J connectivity index is 2.05. The van der Waals surface area contributed by atoms with Gasteiger partial charge in [-0.2, -0.15) is 23.0 Å². The molecule has 5 nitrogen and oxygen atoms in total. The van der Waals surface area contributed by atoms with Crippen molar-refractivity contribution in [2.24, 2.45) is 0 Å². The average molecular weight is 362 g/mol. The summed E-state index contributed by atoms with van der Waals surface area (Å²) in [5.41, 5.74) is -0.503. The number of hydrogen-bond donors (Lipinski definition) is 0. The minimum absolute atomic E-state index is 0.0154. The van der Waals surface area contributed by atoms with Crippen LogP contribution < -0.4 is 0 Å². The van der Waals surface area contributed by atoms with Gasteiger partial charge in [0.25, 0.3) is 5.91 Å². The lowest BCUT2D eigenvalue weighted by Crippen LogP contribution is -2.15. The summed E-state index contributed by atoms with van der Waals surface area (Å²) in [5.74, 6) is -1.33. The van der Waals surface area contributed by atoms with Crippen LogP contribution in [0, 0.1) is 0 Å². The van der Waals surface area contributed by atoms with Crippen LogP contribution in [0.5, 0.6) is 0 Å². The SMILES string of the molecule is CCOC(=O)c1nn(C(=O)c2ccc(C(F)(F)F)cc2)c2ccccc12. The van der Waals surface area contributed by atoms with Gasteiger partial charge in [0.15, 0.2) is 5.69 Å². The van der Waals surface area contributed by atoms with Crippen molar-refractivity contribution in [3.05, 3.63) is 65.4 Å². The van der Waals surface area contributed by atoms with Crippen LogP contribution in [0.3, 0.4) is 0 Å². The Hall–Kier alpha value is -3.16. The first kappa shape index (κ1) is 17.7. The predicted molar refractivity (Wildman–Crippen MR) is 86.9 cm³/mol. The first-order chi connectivity index (χ1) is 12.3. The molecule has 0 aliphatic rings. The number of para-hydroxylation sites is 1. The van der Waals surface area contributed by atoms with Crippen molar-refractivity contribution < 1.29 is 27.5 Å². The zero-order valence-corrected chi connectivity index (χ0v) is 13.6. The standard InChI is InChI=1S/C18H13F3N2O3/c1-2-26-17(25)15-13-5-3-4-6-14(13)23(22-15)16(24)11-7-9-12(10-8-11)18(19,20)21/h3-10H,2H2,1H3. The molecule has 0 radical (unpaired) electrons. The second-order valence-electron chi connectivity index (χ2n) is 5.38. The molecule has 1 aromatic heterocycles. The molecule has 134 valence electrons. The van der Waals surface area contributed by atoms with Gasteiger partial charge in [0.05, 0.1) is 17.7 Å². The monoisotopic (exact) mass is 362 g/mol. The van der Waals surface area contributed by atoms with Crippen LogP contribution in [0.15, 0.2) is 48.5 Å². The minimum Gasteiger partial charge on any atom is -0.461 e. The number of benzene rings is 2. The highest BCUT2D eigenvalue weighted by molar-refractivity contribution is 6.07. The lowest BCUT2D eigenvalue weighted by Gasteiger charge is -2.07. The van der Waals surface area contributed by atoms with Gasteiger partial charge >= 0.3 is 12.1 Å². The number of alkyl halides is 3. The number of hydrogen-bond acceptors (Lipinski definition) is 4. The van der Waals surface area contributed by atoms with Crippen molar-refractivity contribution in [2.45, 2.75) is 13.1 Å². The number of halogens is 3. The third-order valence-corrected chi connectivity index (χ3v) is 3.71. The van der Waals surface area contributed by atoms with Crippen molar-refractivity contribution in [2.75, 3.05) is 6.61 Å². The Morgan fingerprint density at radius 1 is 1.08 bits per heavy atom. The van der Waals surface area contributed by atoms with Crippen LogP contribution >= 0.6 is 0 Å². The van der Waals surface area contributed by atoms with E-state index in [0.717, 1.165) is 28.9 Å². The quantitative estimate of drug-likeness (QED) is 0.663. The fraction of sp³-hybridized carbons (Fsp3) is 0.167. The molecule has 1 heterocycles. The first-order valence-electron chi connectivity index (χ1n) is 7.69. The predicted octanol–water partition coefficient (Wildman–Crippen LogP) is 3.92. The molecule has 0 aliphatic heterocycles. The Kier molecular flexibility index (Phi) is 4.50. The van der Waals surface area contributed by atoms with E-state index < -0.39 is 23.6 Å². The van der Waals surface area contributed by atoms with Crippen LogP contribution in [0.25, 0.3) is 10.9 Å². The second kappa shape index (κ2) is 6.62. The zero-order valence-electron chi connectivity index (χ0n) is 13.6. The summed E-state index contributed by atoms with van der Waals surface area (Å²) in [7, 11) is 0. The maximum atomic E-state index is 12.7. The molecule has 0 saturated carbocycles. The van der Waals surface area contributed by atoms with Crippen molar-refractivity contribution in [3.8, 4) is 0 Å². The van der Waals surface area contributed by atoms with E-state index >= 15 is 0 Å². The largest absolute Gasteiger partial charge is 0.461 e. The van der Waals surface area contributed by atoms with Gasteiger partial charge in [0.2, 0.25) is 0 Å². The highest BCUT2D eigenvalue weighted by Gasteiger charge is 2.30. The smallest absolute Gasteiger partial charge is 0.416 e. The second-order valence-corrected chi connectivity index (χ2v) is 5.38. The molecule has 0 saturated heterocycles. The van der Waals surface area contributed by atoms with E-state index in [4.69, 9.17) is 4.74 Å². The van der Waals surface area contributed by atoms with Crippen molar-refractivity contribution in [3.63, 3.8) is 0 Å². The van der Waals surface area contributed by atoms with Gasteiger partial charge in [0.1, 0.15) is 0 Å². The van der Waals surface area contributed by atoms with Gasteiger partial charge in [-0.05, 0) is 37.3 Å². The van der Waals surface area contributed by atoms with Gasteiger partial charge < -0.3 is 4.74 Å². The summed E-state index contributed by atoms with van der Waals surface area (Å²) in [4.78, 5) is 24.7. The lowest BCUT2D eigenvalue weighted by molar-refractivity contribution is -0.137. The number of esters is 1. The summed E-state index contributed by atoms with van der Waals surface area (Å²) < 4.78 is 43.9. The fourth-order valence-electron chi connectivity index (χ4n) is 2.50. The van der Waals surface area contributed by atoms with Crippen molar-refractivity contribution in [1.29, 1.82) is 0 Å². The topological polar surface area (TPSA) is 61.2 Å². The van der Waals surface area contributed by atoms with E-state index in [1.54, 1.807) is 31.2 Å². The average Bonchev–Trinajstić information content (AvgIpc) is 3.00. The van der Waals surface area contributed by atoms with Crippen LogP contribution in [0.1, 0.15) is 33.3 Å². The number of rotatable bonds is 3. The van der Waals surface area contributed by atoms with E-state index in [1.807, 2.05) is 0 Å². The highest BCUT2D eigenvalue weighted by Crippen LogP contribution is 2.29. The Labute approximate surface area is 146 Å². The Bertz CT molecular complexity index is 976. The van der Waals surface area contributed by atoms with E-state index in [2.05, 4.69) is 5.10 Å². The lowest BCUT2D eigenvalue weighted by atomic mass is 10.1. The Morgan fingerprint density at radius 3 is 2.35 bits per heavy atom. The number of nitrogens with zero attached hydrogens (tertiary/aromatic N) is 2. The number of fused-ring (bicyclic) bond motifs is 1. The molecule has 0 aliphatic carbocycles. The zero-order chi connectivity index (χ0) is 18.9. The molecule has 2 aromatic carbocycles. The molecule has 26 heavy (non-hydrogen) atoms. The summed E-state index contributed by atoms with van der Waals surface area (Å²) in [5, 5.41) is 4.45. The van der Waals surface area contributed by atoms with Crippen LogP contribution in [0.2, 0.25) is 0 Å². The van der Waals surface area contributed by atoms with E-state index in [1.165, 1.54) is 0 Å².